The van der Waals surface area contributed by atoms with Gasteiger partial charge in [0.1, 0.15) is 12.7 Å². The van der Waals surface area contributed by atoms with Gasteiger partial charge in [-0.25, -0.2) is 0 Å². The molecule has 4 nitrogen and oxygen atoms in total. The highest BCUT2D eigenvalue weighted by atomic mass is 31.1. The van der Waals surface area contributed by atoms with E-state index in [0.717, 1.165) is 18.8 Å². The predicted molar refractivity (Wildman–Crippen MR) is 64.6 cm³/mol. The van der Waals surface area contributed by atoms with Crippen LogP contribution >= 0.6 is 17.4 Å². The highest BCUT2D eigenvalue weighted by Crippen LogP contribution is 2.28. The summed E-state index contributed by atoms with van der Waals surface area (Å²) in [4.78, 5) is 0. The second kappa shape index (κ2) is 9.18. The van der Waals surface area contributed by atoms with E-state index in [4.69, 9.17) is 9.05 Å². The maximum absolute atomic E-state index is 10.4. The molecule has 3 atom stereocenters. The van der Waals surface area contributed by atoms with E-state index in [1.54, 1.807) is 0 Å². The van der Waals surface area contributed by atoms with Gasteiger partial charge in [-0.1, -0.05) is 32.1 Å². The van der Waals surface area contributed by atoms with Crippen LogP contribution in [0, 0.1) is 5.92 Å². The quantitative estimate of drug-likeness (QED) is 0.629. The normalized spacial score (nSPS) is 20.2. The Bertz CT molecular complexity index is 207. The summed E-state index contributed by atoms with van der Waals surface area (Å²) in [5, 5.41) is 0. The second-order valence-corrected chi connectivity index (χ2v) is 5.16. The summed E-state index contributed by atoms with van der Waals surface area (Å²) >= 11 is 0. The molecule has 6 heteroatoms. The van der Waals surface area contributed by atoms with Crippen molar-refractivity contribution in [3.8, 4) is 0 Å². The average Bonchev–Trinajstić information content (AvgIpc) is 2.34. The van der Waals surface area contributed by atoms with Crippen LogP contribution in [0.5, 0.6) is 0 Å². The van der Waals surface area contributed by atoms with Crippen LogP contribution in [0.15, 0.2) is 0 Å². The van der Waals surface area contributed by atoms with Crippen LogP contribution in [-0.2, 0) is 18.2 Å². The van der Waals surface area contributed by atoms with Gasteiger partial charge in [0.05, 0.1) is 0 Å². The summed E-state index contributed by atoms with van der Waals surface area (Å²) in [5.74, 6) is 0.782. The van der Waals surface area contributed by atoms with E-state index in [1.807, 2.05) is 0 Å². The first kappa shape index (κ1) is 14.2. The molecular weight excluding hydrogens is 246 g/mol. The van der Waals surface area contributed by atoms with Crippen LogP contribution < -0.4 is 0 Å². The fourth-order valence-corrected chi connectivity index (χ4v) is 2.84. The van der Waals surface area contributed by atoms with Crippen LogP contribution in [0.3, 0.4) is 0 Å². The van der Waals surface area contributed by atoms with Gasteiger partial charge >= 0.3 is 17.4 Å². The minimum atomic E-state index is -0.763. The van der Waals surface area contributed by atoms with Crippen molar-refractivity contribution in [2.24, 2.45) is 5.92 Å². The first-order valence-corrected chi connectivity index (χ1v) is 7.52. The summed E-state index contributed by atoms with van der Waals surface area (Å²) in [6.07, 6.45) is 8.41. The lowest BCUT2D eigenvalue weighted by molar-refractivity contribution is 0.131. The van der Waals surface area contributed by atoms with Crippen LogP contribution in [0.25, 0.3) is 0 Å². The Labute approximate surface area is 99.7 Å². The van der Waals surface area contributed by atoms with Crippen molar-refractivity contribution in [3.05, 3.63) is 0 Å². The highest BCUT2D eigenvalue weighted by Gasteiger charge is 2.20. The SMILES string of the molecule is O=[PH+]OCC(CCC1CCCCC1)O[PH+]=O. The van der Waals surface area contributed by atoms with Crippen molar-refractivity contribution in [3.63, 3.8) is 0 Å². The smallest absolute Gasteiger partial charge is 0.145 e. The predicted octanol–water partition coefficient (Wildman–Crippen LogP) is 3.63. The molecule has 0 N–H and O–H groups in total. The molecule has 92 valence electrons. The zero-order chi connectivity index (χ0) is 11.6. The summed E-state index contributed by atoms with van der Waals surface area (Å²) in [7, 11) is -1.52. The van der Waals surface area contributed by atoms with Gasteiger partial charge in [0.15, 0.2) is 0 Å². The third-order valence-electron chi connectivity index (χ3n) is 3.16. The number of hydrogen-bond acceptors (Lipinski definition) is 4. The Kier molecular flexibility index (Phi) is 8.14. The molecule has 1 aliphatic rings. The van der Waals surface area contributed by atoms with Gasteiger partial charge in [0.25, 0.3) is 0 Å². The zero-order valence-corrected chi connectivity index (χ0v) is 11.4. The third kappa shape index (κ3) is 6.00. The lowest BCUT2D eigenvalue weighted by atomic mass is 9.85. The second-order valence-electron chi connectivity index (χ2n) is 4.30. The maximum Gasteiger partial charge on any atom is 0.494 e. The molecule has 1 rings (SSSR count). The van der Waals surface area contributed by atoms with Crippen LogP contribution in [0.2, 0.25) is 0 Å². The molecule has 0 radical (unpaired) electrons. The topological polar surface area (TPSA) is 52.6 Å². The van der Waals surface area contributed by atoms with Gasteiger partial charge in [-0.3, -0.25) is 0 Å². The molecule has 0 aromatic heterocycles. The molecule has 0 spiro atoms. The molecule has 0 saturated heterocycles. The molecule has 16 heavy (non-hydrogen) atoms. The van der Waals surface area contributed by atoms with Gasteiger partial charge in [-0.2, -0.15) is 0 Å². The van der Waals surface area contributed by atoms with E-state index in [0.29, 0.717) is 0 Å². The van der Waals surface area contributed by atoms with Gasteiger partial charge in [0.2, 0.25) is 0 Å². The molecule has 0 aliphatic heterocycles. The first-order chi connectivity index (χ1) is 7.86. The Morgan fingerprint density at radius 1 is 1.12 bits per heavy atom. The van der Waals surface area contributed by atoms with E-state index in [2.05, 4.69) is 0 Å². The molecule has 0 aromatic carbocycles. The molecule has 0 aromatic rings. The van der Waals surface area contributed by atoms with Crippen LogP contribution in [0.1, 0.15) is 44.9 Å². The number of rotatable bonds is 8. The van der Waals surface area contributed by atoms with Crippen molar-refractivity contribution < 1.29 is 18.2 Å². The van der Waals surface area contributed by atoms with Gasteiger partial charge < -0.3 is 0 Å². The lowest BCUT2D eigenvalue weighted by Gasteiger charge is -2.21. The van der Waals surface area contributed by atoms with Gasteiger partial charge in [-0.15, -0.1) is 9.05 Å². The Balaban J connectivity index is 2.18. The summed E-state index contributed by atoms with van der Waals surface area (Å²) in [6, 6.07) is 0. The zero-order valence-electron chi connectivity index (χ0n) is 9.44. The summed E-state index contributed by atoms with van der Waals surface area (Å²) in [5.41, 5.74) is 0. The largest absolute Gasteiger partial charge is 0.494 e. The Hall–Kier alpha value is 0.120. The average molecular weight is 266 g/mol. The van der Waals surface area contributed by atoms with Gasteiger partial charge in [-0.05, 0) is 27.9 Å². The van der Waals surface area contributed by atoms with Crippen molar-refractivity contribution in [1.29, 1.82) is 0 Å². The first-order valence-electron chi connectivity index (χ1n) is 5.88. The third-order valence-corrected chi connectivity index (χ3v) is 3.88. The molecule has 0 amide bonds. The Morgan fingerprint density at radius 3 is 2.50 bits per heavy atom. The fourth-order valence-electron chi connectivity index (χ4n) is 2.27. The standard InChI is InChI=1S/C10H20O4P2/c11-15-13-8-10(14-16-12)7-6-9-4-2-1-3-5-9/h9-10,15-16H,1-8H2/q+2. The van der Waals surface area contributed by atoms with E-state index >= 15 is 0 Å². The van der Waals surface area contributed by atoms with E-state index < -0.39 is 17.4 Å². The van der Waals surface area contributed by atoms with Crippen molar-refractivity contribution >= 4 is 17.4 Å². The molecule has 1 saturated carbocycles. The van der Waals surface area contributed by atoms with E-state index in [1.165, 1.54) is 32.1 Å². The van der Waals surface area contributed by atoms with Crippen LogP contribution in [-0.4, -0.2) is 12.7 Å². The molecule has 1 fully saturated rings. The molecular formula is C10H20O4P2+2. The van der Waals surface area contributed by atoms with Gasteiger partial charge in [0, 0.05) is 0 Å². The van der Waals surface area contributed by atoms with E-state index in [-0.39, 0.29) is 12.7 Å². The fraction of sp³-hybridized carbons (Fsp3) is 1.00. The maximum atomic E-state index is 10.4. The lowest BCUT2D eigenvalue weighted by Crippen LogP contribution is -2.17. The molecule has 1 aliphatic carbocycles. The monoisotopic (exact) mass is 266 g/mol. The Morgan fingerprint density at radius 2 is 1.88 bits per heavy atom. The minimum absolute atomic E-state index is 0.167. The highest BCUT2D eigenvalue weighted by molar-refractivity contribution is 7.17. The summed E-state index contributed by atoms with van der Waals surface area (Å²) in [6.45, 7) is 0.282. The number of hydrogen-bond donors (Lipinski definition) is 0. The van der Waals surface area contributed by atoms with Crippen molar-refractivity contribution in [2.45, 2.75) is 51.0 Å². The molecule has 0 heterocycles. The molecule has 0 bridgehead atoms. The summed E-state index contributed by atoms with van der Waals surface area (Å²) < 4.78 is 30.5. The van der Waals surface area contributed by atoms with Crippen LogP contribution in [0.4, 0.5) is 0 Å². The van der Waals surface area contributed by atoms with Crippen molar-refractivity contribution in [2.75, 3.05) is 6.61 Å². The van der Waals surface area contributed by atoms with E-state index in [9.17, 15) is 9.13 Å². The van der Waals surface area contributed by atoms with Crippen molar-refractivity contribution in [1.82, 2.24) is 0 Å². The molecule has 3 unspecified atom stereocenters. The minimum Gasteiger partial charge on any atom is -0.145 e.